The third-order valence-electron chi connectivity index (χ3n) is 5.11. The second-order valence-electron chi connectivity index (χ2n) is 6.86. The van der Waals surface area contributed by atoms with Gasteiger partial charge in [-0.25, -0.2) is 13.2 Å². The van der Waals surface area contributed by atoms with Crippen LogP contribution in [0.15, 0.2) is 24.3 Å². The summed E-state index contributed by atoms with van der Waals surface area (Å²) in [4.78, 5) is 25.9. The van der Waals surface area contributed by atoms with E-state index in [1.54, 1.807) is 24.3 Å². The Morgan fingerprint density at radius 1 is 1.00 bits per heavy atom. The van der Waals surface area contributed by atoms with Crippen molar-refractivity contribution >= 4 is 21.8 Å². The van der Waals surface area contributed by atoms with Gasteiger partial charge in [-0.3, -0.25) is 14.6 Å². The molecule has 0 unspecified atom stereocenters. The van der Waals surface area contributed by atoms with Gasteiger partial charge in [0.1, 0.15) is 0 Å². The van der Waals surface area contributed by atoms with Gasteiger partial charge < -0.3 is 10.2 Å². The molecule has 2 aliphatic heterocycles. The van der Waals surface area contributed by atoms with Crippen LogP contribution in [-0.2, 0) is 21.2 Å². The summed E-state index contributed by atoms with van der Waals surface area (Å²) in [5, 5.41) is 17.9. The van der Waals surface area contributed by atoms with E-state index in [9.17, 15) is 18.0 Å². The second kappa shape index (κ2) is 7.34. The minimum Gasteiger partial charge on any atom is -0.481 e. The standard InChI is InChI=1S/C17H22N2O6S/c20-16(21)5-6-18-7-8-19(15-11-26(24,25)10-14(15)18)9-12-1-3-13(4-2-12)17(22)23/h1-4,14-15H,5-11H2,(H,20,21)(H,22,23)/t14-,15+/m0/s1. The quantitative estimate of drug-likeness (QED) is 0.714. The maximum atomic E-state index is 12.2. The Kier molecular flexibility index (Phi) is 5.31. The summed E-state index contributed by atoms with van der Waals surface area (Å²) in [7, 11) is -3.15. The van der Waals surface area contributed by atoms with E-state index in [2.05, 4.69) is 4.90 Å². The van der Waals surface area contributed by atoms with Crippen molar-refractivity contribution in [1.82, 2.24) is 9.80 Å². The van der Waals surface area contributed by atoms with Gasteiger partial charge in [-0.05, 0) is 17.7 Å². The first-order valence-corrected chi connectivity index (χ1v) is 10.3. The van der Waals surface area contributed by atoms with Crippen LogP contribution < -0.4 is 0 Å². The molecule has 2 heterocycles. The molecular formula is C17H22N2O6S. The Balaban J connectivity index is 1.73. The Morgan fingerprint density at radius 2 is 1.58 bits per heavy atom. The van der Waals surface area contributed by atoms with Crippen molar-refractivity contribution < 1.29 is 28.2 Å². The first-order chi connectivity index (χ1) is 12.2. The molecule has 0 saturated carbocycles. The van der Waals surface area contributed by atoms with E-state index in [1.165, 1.54) is 0 Å². The summed E-state index contributed by atoms with van der Waals surface area (Å²) in [5.41, 5.74) is 1.14. The number of piperazine rings is 1. The maximum absolute atomic E-state index is 12.2. The zero-order chi connectivity index (χ0) is 18.9. The van der Waals surface area contributed by atoms with Gasteiger partial charge in [0.25, 0.3) is 0 Å². The van der Waals surface area contributed by atoms with Gasteiger partial charge in [0.05, 0.1) is 23.5 Å². The molecular weight excluding hydrogens is 360 g/mol. The topological polar surface area (TPSA) is 115 Å². The summed E-state index contributed by atoms with van der Waals surface area (Å²) < 4.78 is 24.3. The number of carboxylic acid groups (broad SMARTS) is 2. The molecule has 0 aliphatic carbocycles. The van der Waals surface area contributed by atoms with Crippen molar-refractivity contribution in [2.75, 3.05) is 31.1 Å². The first-order valence-electron chi connectivity index (χ1n) is 8.48. The number of carbonyl (C=O) groups is 2. The van der Waals surface area contributed by atoms with E-state index < -0.39 is 21.8 Å². The third kappa shape index (κ3) is 4.22. The van der Waals surface area contributed by atoms with Crippen molar-refractivity contribution in [2.45, 2.75) is 25.0 Å². The van der Waals surface area contributed by atoms with Crippen molar-refractivity contribution in [1.29, 1.82) is 0 Å². The number of benzene rings is 1. The summed E-state index contributed by atoms with van der Waals surface area (Å²) in [5.74, 6) is -1.73. The number of aliphatic carboxylic acids is 1. The normalized spacial score (nSPS) is 25.7. The average molecular weight is 382 g/mol. The number of fused-ring (bicyclic) bond motifs is 1. The molecule has 2 saturated heterocycles. The molecule has 0 bridgehead atoms. The molecule has 1 aromatic carbocycles. The Hall–Kier alpha value is -1.97. The lowest BCUT2D eigenvalue weighted by molar-refractivity contribution is -0.137. The van der Waals surface area contributed by atoms with Gasteiger partial charge >= 0.3 is 11.9 Å². The van der Waals surface area contributed by atoms with Crippen molar-refractivity contribution in [3.05, 3.63) is 35.4 Å². The predicted molar refractivity (Wildman–Crippen MR) is 93.9 cm³/mol. The molecule has 0 radical (unpaired) electrons. The highest BCUT2D eigenvalue weighted by atomic mass is 32.2. The lowest BCUT2D eigenvalue weighted by atomic mass is 10.0. The lowest BCUT2D eigenvalue weighted by Crippen LogP contribution is -2.58. The monoisotopic (exact) mass is 382 g/mol. The summed E-state index contributed by atoms with van der Waals surface area (Å²) in [6.07, 6.45) is -0.0000812. The van der Waals surface area contributed by atoms with Crippen molar-refractivity contribution in [3.8, 4) is 0 Å². The predicted octanol–water partition coefficient (Wildman–Crippen LogP) is 0.143. The number of sulfone groups is 1. The fourth-order valence-electron chi connectivity index (χ4n) is 3.80. The molecule has 3 rings (SSSR count). The van der Waals surface area contributed by atoms with Gasteiger partial charge in [0, 0.05) is 38.3 Å². The molecule has 0 aromatic heterocycles. The van der Waals surface area contributed by atoms with Gasteiger partial charge in [-0.15, -0.1) is 0 Å². The lowest BCUT2D eigenvalue weighted by Gasteiger charge is -2.43. The largest absolute Gasteiger partial charge is 0.481 e. The van der Waals surface area contributed by atoms with Crippen molar-refractivity contribution in [2.24, 2.45) is 0 Å². The molecule has 9 heteroatoms. The molecule has 26 heavy (non-hydrogen) atoms. The van der Waals surface area contributed by atoms with E-state index in [0.717, 1.165) is 5.56 Å². The number of nitrogens with zero attached hydrogens (tertiary/aromatic N) is 2. The minimum atomic E-state index is -3.15. The molecule has 2 N–H and O–H groups in total. The number of hydrogen-bond acceptors (Lipinski definition) is 6. The summed E-state index contributed by atoms with van der Waals surface area (Å²) in [6, 6.07) is 6.23. The zero-order valence-electron chi connectivity index (χ0n) is 14.2. The Labute approximate surface area is 151 Å². The molecule has 2 atom stereocenters. The number of aromatic carboxylic acids is 1. The SMILES string of the molecule is O=C(O)CCN1CCN(Cc2ccc(C(=O)O)cc2)[C@@H]2CS(=O)(=O)C[C@@H]21. The van der Waals surface area contributed by atoms with Crippen LogP contribution in [0.4, 0.5) is 0 Å². The van der Waals surface area contributed by atoms with Crippen LogP contribution in [0, 0.1) is 0 Å². The van der Waals surface area contributed by atoms with Crippen LogP contribution in [0.2, 0.25) is 0 Å². The van der Waals surface area contributed by atoms with E-state index in [-0.39, 0.29) is 35.6 Å². The average Bonchev–Trinajstić information content (AvgIpc) is 2.90. The molecule has 2 fully saturated rings. The number of hydrogen-bond donors (Lipinski definition) is 2. The van der Waals surface area contributed by atoms with E-state index in [4.69, 9.17) is 10.2 Å². The fraction of sp³-hybridized carbons (Fsp3) is 0.529. The minimum absolute atomic E-state index is 0.0000812. The van der Waals surface area contributed by atoms with Gasteiger partial charge in [0.15, 0.2) is 9.84 Å². The highest BCUT2D eigenvalue weighted by molar-refractivity contribution is 7.91. The van der Waals surface area contributed by atoms with Gasteiger partial charge in [-0.1, -0.05) is 12.1 Å². The van der Waals surface area contributed by atoms with Gasteiger partial charge in [-0.2, -0.15) is 0 Å². The highest BCUT2D eigenvalue weighted by Crippen LogP contribution is 2.28. The number of carboxylic acids is 2. The maximum Gasteiger partial charge on any atom is 0.335 e. The van der Waals surface area contributed by atoms with Crippen LogP contribution in [0.3, 0.4) is 0 Å². The molecule has 0 amide bonds. The smallest absolute Gasteiger partial charge is 0.335 e. The zero-order valence-corrected chi connectivity index (χ0v) is 15.1. The molecule has 0 spiro atoms. The Bertz CT molecular complexity index is 792. The van der Waals surface area contributed by atoms with E-state index >= 15 is 0 Å². The van der Waals surface area contributed by atoms with Crippen LogP contribution in [0.5, 0.6) is 0 Å². The van der Waals surface area contributed by atoms with E-state index in [1.807, 2.05) is 4.90 Å². The molecule has 1 aromatic rings. The van der Waals surface area contributed by atoms with Crippen LogP contribution >= 0.6 is 0 Å². The van der Waals surface area contributed by atoms with Crippen LogP contribution in [0.1, 0.15) is 22.3 Å². The molecule has 142 valence electrons. The Morgan fingerprint density at radius 3 is 2.15 bits per heavy atom. The highest BCUT2D eigenvalue weighted by Gasteiger charge is 2.46. The van der Waals surface area contributed by atoms with E-state index in [0.29, 0.717) is 26.2 Å². The molecule has 2 aliphatic rings. The van der Waals surface area contributed by atoms with Crippen LogP contribution in [0.25, 0.3) is 0 Å². The summed E-state index contributed by atoms with van der Waals surface area (Å²) >= 11 is 0. The van der Waals surface area contributed by atoms with Crippen LogP contribution in [-0.4, -0.2) is 83.6 Å². The number of rotatable bonds is 6. The second-order valence-corrected chi connectivity index (χ2v) is 9.02. The fourth-order valence-corrected chi connectivity index (χ4v) is 5.84. The third-order valence-corrected chi connectivity index (χ3v) is 6.80. The summed E-state index contributed by atoms with van der Waals surface area (Å²) in [6.45, 7) is 2.17. The first kappa shape index (κ1) is 18.8. The molecule has 8 nitrogen and oxygen atoms in total. The van der Waals surface area contributed by atoms with Gasteiger partial charge in [0.2, 0.25) is 0 Å². The van der Waals surface area contributed by atoms with Crippen molar-refractivity contribution in [3.63, 3.8) is 0 Å².